The van der Waals surface area contributed by atoms with Crippen molar-refractivity contribution in [3.8, 4) is 0 Å². The average Bonchev–Trinajstić information content (AvgIpc) is 2.81. The van der Waals surface area contributed by atoms with E-state index in [1.165, 1.54) is 55.6 Å². The lowest BCUT2D eigenvalue weighted by Crippen LogP contribution is -2.33. The Bertz CT molecular complexity index is 1060. The molecule has 0 spiro atoms. The number of pyridine rings is 1. The topological polar surface area (TPSA) is 42.1 Å². The van der Waals surface area contributed by atoms with E-state index in [4.69, 9.17) is 10.7 Å². The summed E-state index contributed by atoms with van der Waals surface area (Å²) >= 11 is 0. The molecule has 0 saturated carbocycles. The van der Waals surface area contributed by atoms with Gasteiger partial charge in [0.25, 0.3) is 0 Å². The minimum Gasteiger partial charge on any atom is -0.398 e. The summed E-state index contributed by atoms with van der Waals surface area (Å²) in [4.78, 5) is 7.50. The summed E-state index contributed by atoms with van der Waals surface area (Å²) in [6, 6.07) is 19.1. The van der Waals surface area contributed by atoms with Gasteiger partial charge < -0.3 is 5.73 Å². The molecule has 2 heterocycles. The van der Waals surface area contributed by atoms with Crippen LogP contribution in [0.15, 0.2) is 66.2 Å². The number of benzene rings is 2. The number of nitrogens with two attached hydrogens (primary N) is 1. The van der Waals surface area contributed by atoms with Crippen molar-refractivity contribution in [3.05, 3.63) is 83.1 Å². The van der Waals surface area contributed by atoms with Gasteiger partial charge in [0.1, 0.15) is 0 Å². The van der Waals surface area contributed by atoms with Crippen molar-refractivity contribution in [3.63, 3.8) is 0 Å². The molecule has 3 aromatic rings. The zero-order valence-corrected chi connectivity index (χ0v) is 18.4. The molecule has 160 valence electrons. The highest BCUT2D eigenvalue weighted by atomic mass is 15.1. The van der Waals surface area contributed by atoms with E-state index in [0.717, 1.165) is 48.3 Å². The van der Waals surface area contributed by atoms with Gasteiger partial charge in [0.2, 0.25) is 0 Å². The molecule has 0 amide bonds. The summed E-state index contributed by atoms with van der Waals surface area (Å²) in [5.74, 6) is 0.871. The first-order chi connectivity index (χ1) is 15.3. The zero-order valence-electron chi connectivity index (χ0n) is 18.4. The minimum absolute atomic E-state index is 0.871. The minimum atomic E-state index is 0.871. The van der Waals surface area contributed by atoms with Gasteiger partial charge >= 0.3 is 0 Å². The highest BCUT2D eigenvalue weighted by molar-refractivity contribution is 5.92. The van der Waals surface area contributed by atoms with Crippen LogP contribution >= 0.6 is 0 Å². The van der Waals surface area contributed by atoms with Gasteiger partial charge in [0.15, 0.2) is 0 Å². The summed E-state index contributed by atoms with van der Waals surface area (Å²) in [5, 5.41) is 1.10. The number of para-hydroxylation sites is 1. The lowest BCUT2D eigenvalue weighted by Gasteiger charge is -2.32. The fraction of sp³-hybridized carbons (Fsp3) is 0.393. The number of hydrogen-bond acceptors (Lipinski definition) is 3. The Kier molecular flexibility index (Phi) is 6.04. The van der Waals surface area contributed by atoms with Gasteiger partial charge in [0, 0.05) is 28.9 Å². The standard InChI is InChI=1S/C28H33N3/c29-28-24-11-4-5-12-26(24)30-27-14-13-22(19-25(27)28)10-6-9-21-15-17-31(18-16-21)20-23-7-2-1-3-8-23/h1-5,7-8,10-12,21H,6,9,13-20H2,(H2,29,30). The average molecular weight is 412 g/mol. The van der Waals surface area contributed by atoms with Gasteiger partial charge in [-0.25, -0.2) is 0 Å². The Labute approximate surface area is 186 Å². The molecule has 0 radical (unpaired) electrons. The molecule has 1 fully saturated rings. The van der Waals surface area contributed by atoms with E-state index in [9.17, 15) is 0 Å². The Morgan fingerprint density at radius 3 is 2.58 bits per heavy atom. The smallest absolute Gasteiger partial charge is 0.0726 e. The van der Waals surface area contributed by atoms with Crippen molar-refractivity contribution >= 4 is 16.6 Å². The van der Waals surface area contributed by atoms with E-state index in [1.54, 1.807) is 5.57 Å². The van der Waals surface area contributed by atoms with Gasteiger partial charge in [-0.15, -0.1) is 0 Å². The van der Waals surface area contributed by atoms with Crippen LogP contribution in [0.2, 0.25) is 0 Å². The van der Waals surface area contributed by atoms with Crippen molar-refractivity contribution in [2.24, 2.45) is 5.92 Å². The molecule has 2 aromatic carbocycles. The molecule has 0 unspecified atom stereocenters. The van der Waals surface area contributed by atoms with E-state index >= 15 is 0 Å². The number of anilines is 1. The third kappa shape index (κ3) is 4.67. The normalized spacial score (nSPS) is 19.0. The molecule has 2 N–H and O–H groups in total. The van der Waals surface area contributed by atoms with E-state index in [1.807, 2.05) is 6.07 Å². The molecule has 1 aromatic heterocycles. The van der Waals surface area contributed by atoms with Crippen molar-refractivity contribution in [2.45, 2.75) is 51.5 Å². The number of hydrogen-bond donors (Lipinski definition) is 1. The Morgan fingerprint density at radius 1 is 0.968 bits per heavy atom. The predicted molar refractivity (Wildman–Crippen MR) is 130 cm³/mol. The summed E-state index contributed by atoms with van der Waals surface area (Å²) < 4.78 is 0. The summed E-state index contributed by atoms with van der Waals surface area (Å²) in [5.41, 5.74) is 14.0. The fourth-order valence-electron chi connectivity index (χ4n) is 5.30. The maximum absolute atomic E-state index is 6.54. The van der Waals surface area contributed by atoms with Gasteiger partial charge in [-0.2, -0.15) is 0 Å². The Morgan fingerprint density at radius 2 is 1.74 bits per heavy atom. The van der Waals surface area contributed by atoms with Crippen LogP contribution in [-0.2, 0) is 19.4 Å². The molecule has 5 rings (SSSR count). The van der Waals surface area contributed by atoms with Crippen LogP contribution in [0.1, 0.15) is 48.9 Å². The first-order valence-electron chi connectivity index (χ1n) is 11.9. The number of aromatic nitrogens is 1. The van der Waals surface area contributed by atoms with Crippen LogP contribution in [-0.4, -0.2) is 23.0 Å². The molecule has 3 heteroatoms. The van der Waals surface area contributed by atoms with Gasteiger partial charge in [-0.05, 0) is 75.6 Å². The first kappa shape index (κ1) is 20.3. The molecule has 1 aliphatic carbocycles. The second-order valence-corrected chi connectivity index (χ2v) is 9.29. The van der Waals surface area contributed by atoms with Crippen LogP contribution in [0.25, 0.3) is 10.9 Å². The SMILES string of the molecule is Nc1c2c(nc3ccccc13)CCC(=CCCC1CCN(Cc3ccccc3)CC1)C2. The Balaban J connectivity index is 1.14. The van der Waals surface area contributed by atoms with Crippen molar-refractivity contribution in [1.82, 2.24) is 9.88 Å². The highest BCUT2D eigenvalue weighted by Crippen LogP contribution is 2.33. The van der Waals surface area contributed by atoms with Crippen molar-refractivity contribution in [2.75, 3.05) is 18.8 Å². The second kappa shape index (κ2) is 9.23. The monoisotopic (exact) mass is 411 g/mol. The highest BCUT2D eigenvalue weighted by Gasteiger charge is 2.21. The number of aryl methyl sites for hydroxylation is 1. The fourth-order valence-corrected chi connectivity index (χ4v) is 5.30. The molecule has 0 bridgehead atoms. The van der Waals surface area contributed by atoms with E-state index in [2.05, 4.69) is 59.5 Å². The molecule has 2 aliphatic rings. The number of likely N-dealkylation sites (tertiary alicyclic amines) is 1. The number of allylic oxidation sites excluding steroid dienone is 2. The quantitative estimate of drug-likeness (QED) is 0.530. The predicted octanol–water partition coefficient (Wildman–Crippen LogP) is 5.92. The molecule has 3 nitrogen and oxygen atoms in total. The molecule has 31 heavy (non-hydrogen) atoms. The summed E-state index contributed by atoms with van der Waals surface area (Å²) in [7, 11) is 0. The van der Waals surface area contributed by atoms with E-state index in [0.29, 0.717) is 0 Å². The van der Waals surface area contributed by atoms with Crippen molar-refractivity contribution < 1.29 is 0 Å². The maximum atomic E-state index is 6.54. The van der Waals surface area contributed by atoms with Crippen LogP contribution in [0.4, 0.5) is 5.69 Å². The van der Waals surface area contributed by atoms with Gasteiger partial charge in [-0.1, -0.05) is 60.2 Å². The lowest BCUT2D eigenvalue weighted by molar-refractivity contribution is 0.173. The third-order valence-electron chi connectivity index (χ3n) is 7.17. The number of fused-ring (bicyclic) bond motifs is 2. The number of nitrogen functional groups attached to an aromatic ring is 1. The maximum Gasteiger partial charge on any atom is 0.0726 e. The van der Waals surface area contributed by atoms with Crippen molar-refractivity contribution in [1.29, 1.82) is 0 Å². The van der Waals surface area contributed by atoms with Gasteiger partial charge in [0.05, 0.1) is 5.52 Å². The Hall–Kier alpha value is -2.65. The van der Waals surface area contributed by atoms with Crippen LogP contribution < -0.4 is 5.73 Å². The second-order valence-electron chi connectivity index (χ2n) is 9.29. The molecule has 0 atom stereocenters. The molecular weight excluding hydrogens is 378 g/mol. The zero-order chi connectivity index (χ0) is 21.0. The molecular formula is C28H33N3. The number of rotatable bonds is 5. The molecule has 1 saturated heterocycles. The number of piperidine rings is 1. The summed E-state index contributed by atoms with van der Waals surface area (Å²) in [6.45, 7) is 3.57. The van der Waals surface area contributed by atoms with Crippen LogP contribution in [0, 0.1) is 5.92 Å². The van der Waals surface area contributed by atoms with Gasteiger partial charge in [-0.3, -0.25) is 9.88 Å². The van der Waals surface area contributed by atoms with Crippen LogP contribution in [0.3, 0.4) is 0 Å². The summed E-state index contributed by atoms with van der Waals surface area (Å²) in [6.07, 6.45) is 10.8. The largest absolute Gasteiger partial charge is 0.398 e. The lowest BCUT2D eigenvalue weighted by atomic mass is 9.87. The third-order valence-corrected chi connectivity index (χ3v) is 7.17. The molecule has 1 aliphatic heterocycles. The van der Waals surface area contributed by atoms with E-state index < -0.39 is 0 Å². The van der Waals surface area contributed by atoms with Crippen LogP contribution in [0.5, 0.6) is 0 Å². The van der Waals surface area contributed by atoms with E-state index in [-0.39, 0.29) is 0 Å². The first-order valence-corrected chi connectivity index (χ1v) is 11.9. The number of nitrogens with zero attached hydrogens (tertiary/aromatic N) is 2.